The van der Waals surface area contributed by atoms with Crippen LogP contribution in [0.2, 0.25) is 0 Å². The zero-order valence-electron chi connectivity index (χ0n) is 19.5. The molecule has 0 unspecified atom stereocenters. The van der Waals surface area contributed by atoms with Gasteiger partial charge in [0.05, 0.1) is 16.3 Å². The first-order chi connectivity index (χ1) is 16.7. The second-order valence-electron chi connectivity index (χ2n) is 8.27. The zero-order chi connectivity index (χ0) is 25.2. The van der Waals surface area contributed by atoms with Crippen molar-refractivity contribution in [3.63, 3.8) is 0 Å². The molecule has 0 fully saturated rings. The third kappa shape index (κ3) is 5.17. The molecule has 8 heteroatoms. The summed E-state index contributed by atoms with van der Waals surface area (Å²) in [6, 6.07) is 22.1. The highest BCUT2D eigenvalue weighted by Gasteiger charge is 2.18. The van der Waals surface area contributed by atoms with E-state index in [4.69, 9.17) is 0 Å². The monoisotopic (exact) mass is 487 g/mol. The molecule has 0 aliphatic carbocycles. The number of aryl methyl sites for hydroxylation is 2. The van der Waals surface area contributed by atoms with Crippen molar-refractivity contribution in [2.75, 3.05) is 4.72 Å². The molecule has 0 aliphatic rings. The molecule has 3 N–H and O–H groups in total. The van der Waals surface area contributed by atoms with Gasteiger partial charge in [-0.3, -0.25) is 9.52 Å². The highest BCUT2D eigenvalue weighted by molar-refractivity contribution is 7.92. The van der Waals surface area contributed by atoms with Crippen LogP contribution in [0.4, 0.5) is 5.69 Å². The summed E-state index contributed by atoms with van der Waals surface area (Å²) in [4.78, 5) is 12.7. The van der Waals surface area contributed by atoms with Crippen molar-refractivity contribution >= 4 is 38.1 Å². The number of carbonyl (C=O) groups excluding carboxylic acids is 1. The molecule has 0 heterocycles. The molecule has 0 bridgehead atoms. The first-order valence-electron chi connectivity index (χ1n) is 10.9. The smallest absolute Gasteiger partial charge is 0.271 e. The van der Waals surface area contributed by atoms with E-state index in [9.17, 15) is 18.3 Å². The van der Waals surface area contributed by atoms with Crippen LogP contribution in [0, 0.1) is 13.8 Å². The van der Waals surface area contributed by atoms with Crippen LogP contribution in [0.5, 0.6) is 5.75 Å². The standard InChI is InChI=1S/C27H25N3O4S/c1-17-11-14-25(18(2)15-17)30-35(33,34)22-9-6-8-21(16-22)27(32)29-28-19(3)23-13-12-20-7-4-5-10-24(20)26(23)31/h4-16,30-31H,1-3H3,(H,29,32)/b28-19-. The van der Waals surface area contributed by atoms with Crippen molar-refractivity contribution in [1.29, 1.82) is 0 Å². The first kappa shape index (κ1) is 24.0. The maximum Gasteiger partial charge on any atom is 0.271 e. The first-order valence-corrected chi connectivity index (χ1v) is 12.4. The van der Waals surface area contributed by atoms with Crippen LogP contribution < -0.4 is 10.1 Å². The second kappa shape index (κ2) is 9.60. The molecule has 1 amide bonds. The largest absolute Gasteiger partial charge is 0.507 e. The van der Waals surface area contributed by atoms with E-state index < -0.39 is 15.9 Å². The Balaban J connectivity index is 1.54. The minimum Gasteiger partial charge on any atom is -0.507 e. The van der Waals surface area contributed by atoms with Gasteiger partial charge in [0, 0.05) is 16.5 Å². The number of sulfonamides is 1. The summed E-state index contributed by atoms with van der Waals surface area (Å²) in [5.41, 5.74) is 5.75. The number of carbonyl (C=O) groups is 1. The van der Waals surface area contributed by atoms with Gasteiger partial charge in [-0.2, -0.15) is 5.10 Å². The Labute approximate surface area is 204 Å². The van der Waals surface area contributed by atoms with Gasteiger partial charge in [0.25, 0.3) is 15.9 Å². The third-order valence-corrected chi connectivity index (χ3v) is 7.01. The fraction of sp³-hybridized carbons (Fsp3) is 0.111. The zero-order valence-corrected chi connectivity index (χ0v) is 20.3. The van der Waals surface area contributed by atoms with Gasteiger partial charge in [0.15, 0.2) is 0 Å². The second-order valence-corrected chi connectivity index (χ2v) is 9.96. The van der Waals surface area contributed by atoms with E-state index in [2.05, 4.69) is 15.2 Å². The average molecular weight is 488 g/mol. The molecule has 4 aromatic rings. The predicted molar refractivity (Wildman–Crippen MR) is 138 cm³/mol. The van der Waals surface area contributed by atoms with Crippen LogP contribution in [0.1, 0.15) is 34.0 Å². The summed E-state index contributed by atoms with van der Waals surface area (Å²) in [5, 5.41) is 16.3. The molecule has 0 saturated carbocycles. The lowest BCUT2D eigenvalue weighted by Gasteiger charge is -2.12. The number of hydrazone groups is 1. The van der Waals surface area contributed by atoms with Crippen molar-refractivity contribution < 1.29 is 18.3 Å². The van der Waals surface area contributed by atoms with Crippen LogP contribution in [0.15, 0.2) is 88.9 Å². The molecule has 0 radical (unpaired) electrons. The minimum atomic E-state index is -3.90. The number of nitrogens with one attached hydrogen (secondary N) is 2. The number of phenols is 1. The number of rotatable bonds is 6. The van der Waals surface area contributed by atoms with Crippen molar-refractivity contribution in [1.82, 2.24) is 5.43 Å². The van der Waals surface area contributed by atoms with Gasteiger partial charge in [-0.25, -0.2) is 13.8 Å². The summed E-state index contributed by atoms with van der Waals surface area (Å²) in [5.74, 6) is -0.502. The predicted octanol–water partition coefficient (Wildman–Crippen LogP) is 5.12. The number of aromatic hydroxyl groups is 1. The van der Waals surface area contributed by atoms with Crippen LogP contribution >= 0.6 is 0 Å². The van der Waals surface area contributed by atoms with Crippen molar-refractivity contribution in [2.24, 2.45) is 5.10 Å². The van der Waals surface area contributed by atoms with Crippen molar-refractivity contribution in [3.8, 4) is 5.75 Å². The number of nitrogens with zero attached hydrogens (tertiary/aromatic N) is 1. The highest BCUT2D eigenvalue weighted by Crippen LogP contribution is 2.29. The topological polar surface area (TPSA) is 108 Å². The molecule has 4 aromatic carbocycles. The van der Waals surface area contributed by atoms with E-state index in [1.165, 1.54) is 24.3 Å². The van der Waals surface area contributed by atoms with Gasteiger partial charge in [0.2, 0.25) is 0 Å². The number of hydrogen-bond acceptors (Lipinski definition) is 5. The lowest BCUT2D eigenvalue weighted by atomic mass is 10.0. The van der Waals surface area contributed by atoms with E-state index in [1.807, 2.05) is 50.2 Å². The quantitative estimate of drug-likeness (QED) is 0.259. The molecule has 35 heavy (non-hydrogen) atoms. The number of phenolic OH excluding ortho intramolecular Hbond substituents is 1. The van der Waals surface area contributed by atoms with Crippen LogP contribution in [-0.4, -0.2) is 25.1 Å². The highest BCUT2D eigenvalue weighted by atomic mass is 32.2. The Morgan fingerprint density at radius 2 is 1.69 bits per heavy atom. The maximum atomic E-state index is 12.9. The Kier molecular flexibility index (Phi) is 6.57. The van der Waals surface area contributed by atoms with E-state index in [0.717, 1.165) is 16.5 Å². The molecule has 0 aliphatic heterocycles. The van der Waals surface area contributed by atoms with Crippen LogP contribution in [-0.2, 0) is 10.0 Å². The Bertz CT molecular complexity index is 1580. The van der Waals surface area contributed by atoms with Gasteiger partial charge in [-0.1, -0.05) is 54.1 Å². The van der Waals surface area contributed by atoms with Gasteiger partial charge in [0.1, 0.15) is 5.75 Å². The molecule has 0 saturated heterocycles. The third-order valence-electron chi connectivity index (χ3n) is 5.65. The number of amides is 1. The molecule has 4 rings (SSSR count). The summed E-state index contributed by atoms with van der Waals surface area (Å²) in [6.07, 6.45) is 0. The van der Waals surface area contributed by atoms with E-state index in [0.29, 0.717) is 22.3 Å². The number of anilines is 1. The summed E-state index contributed by atoms with van der Waals surface area (Å²) in [6.45, 7) is 5.42. The lowest BCUT2D eigenvalue weighted by Crippen LogP contribution is -2.20. The number of fused-ring (bicyclic) bond motifs is 1. The Morgan fingerprint density at radius 1 is 0.914 bits per heavy atom. The maximum absolute atomic E-state index is 12.9. The fourth-order valence-electron chi connectivity index (χ4n) is 3.74. The molecular formula is C27H25N3O4S. The van der Waals surface area contributed by atoms with Gasteiger partial charge in [-0.15, -0.1) is 0 Å². The van der Waals surface area contributed by atoms with Crippen molar-refractivity contribution in [3.05, 3.63) is 101 Å². The molecule has 0 atom stereocenters. The number of benzene rings is 4. The van der Waals surface area contributed by atoms with Crippen LogP contribution in [0.25, 0.3) is 10.8 Å². The SMILES string of the molecule is C/C(=N/NC(=O)c1cccc(S(=O)(=O)Nc2ccc(C)cc2C)c1)c1ccc2ccccc2c1O. The lowest BCUT2D eigenvalue weighted by molar-refractivity contribution is 0.0954. The summed E-state index contributed by atoms with van der Waals surface area (Å²) in [7, 11) is -3.90. The molecule has 0 aromatic heterocycles. The average Bonchev–Trinajstić information content (AvgIpc) is 2.84. The van der Waals surface area contributed by atoms with Gasteiger partial charge < -0.3 is 5.11 Å². The molecule has 7 nitrogen and oxygen atoms in total. The van der Waals surface area contributed by atoms with E-state index in [-0.39, 0.29) is 16.2 Å². The summed E-state index contributed by atoms with van der Waals surface area (Å²) < 4.78 is 28.4. The summed E-state index contributed by atoms with van der Waals surface area (Å²) >= 11 is 0. The van der Waals surface area contributed by atoms with E-state index in [1.54, 1.807) is 25.1 Å². The van der Waals surface area contributed by atoms with E-state index >= 15 is 0 Å². The normalized spacial score (nSPS) is 11.9. The molecular weight excluding hydrogens is 462 g/mol. The molecule has 178 valence electrons. The van der Waals surface area contributed by atoms with Gasteiger partial charge in [-0.05, 0) is 62.1 Å². The van der Waals surface area contributed by atoms with Crippen LogP contribution in [0.3, 0.4) is 0 Å². The Morgan fingerprint density at radius 3 is 2.46 bits per heavy atom. The minimum absolute atomic E-state index is 0.0435. The fourth-order valence-corrected chi connectivity index (χ4v) is 4.92. The number of hydrogen-bond donors (Lipinski definition) is 3. The van der Waals surface area contributed by atoms with Gasteiger partial charge >= 0.3 is 0 Å². The Hall–Kier alpha value is -4.17. The molecule has 0 spiro atoms. The van der Waals surface area contributed by atoms with Crippen molar-refractivity contribution in [2.45, 2.75) is 25.7 Å².